The molecular weight excluding hydrogens is 304 g/mol. The first-order valence-corrected chi connectivity index (χ1v) is 8.97. The second-order valence-electron chi connectivity index (χ2n) is 5.28. The van der Waals surface area contributed by atoms with Crippen molar-refractivity contribution < 1.29 is 0 Å². The number of aryl methyl sites for hydroxylation is 2. The molecule has 18 heavy (non-hydrogen) atoms. The summed E-state index contributed by atoms with van der Waals surface area (Å²) in [5, 5.41) is 0. The molecule has 1 atom stereocenters. The molecule has 0 aliphatic carbocycles. The van der Waals surface area contributed by atoms with Gasteiger partial charge < -0.3 is 0 Å². The summed E-state index contributed by atoms with van der Waals surface area (Å²) in [6.45, 7) is 9.11. The highest BCUT2D eigenvalue weighted by molar-refractivity contribution is 9.09. The molecule has 1 aromatic heterocycles. The number of halogens is 1. The third kappa shape index (κ3) is 4.38. The Bertz CT molecular complexity index is 352. The van der Waals surface area contributed by atoms with Crippen molar-refractivity contribution in [2.75, 3.05) is 0 Å². The lowest BCUT2D eigenvalue weighted by molar-refractivity contribution is 0.650. The highest BCUT2D eigenvalue weighted by Crippen LogP contribution is 2.41. The Kier molecular flexibility index (Phi) is 6.94. The van der Waals surface area contributed by atoms with Crippen LogP contribution in [-0.4, -0.2) is 0 Å². The van der Waals surface area contributed by atoms with Crippen molar-refractivity contribution in [1.82, 2.24) is 0 Å². The Labute approximate surface area is 125 Å². The summed E-state index contributed by atoms with van der Waals surface area (Å²) in [7, 11) is 0. The van der Waals surface area contributed by atoms with Crippen molar-refractivity contribution >= 4 is 27.3 Å². The predicted molar refractivity (Wildman–Crippen MR) is 88.1 cm³/mol. The molecule has 0 N–H and O–H groups in total. The number of alkyl halides is 1. The van der Waals surface area contributed by atoms with Crippen LogP contribution in [0.1, 0.15) is 75.1 Å². The zero-order chi connectivity index (χ0) is 13.6. The minimum atomic E-state index is 0.172. The first kappa shape index (κ1) is 16.2. The fraction of sp³-hybridized carbons (Fsp3) is 0.750. The summed E-state index contributed by atoms with van der Waals surface area (Å²) < 4.78 is 0.172. The number of rotatable bonds is 8. The van der Waals surface area contributed by atoms with Crippen LogP contribution in [0.25, 0.3) is 0 Å². The molecule has 1 aromatic rings. The minimum absolute atomic E-state index is 0.172. The highest BCUT2D eigenvalue weighted by atomic mass is 79.9. The van der Waals surface area contributed by atoms with E-state index in [2.05, 4.69) is 49.7 Å². The summed E-state index contributed by atoms with van der Waals surface area (Å²) >= 11 is 5.92. The molecule has 0 aliphatic rings. The van der Waals surface area contributed by atoms with Crippen LogP contribution in [-0.2, 0) is 17.2 Å². The van der Waals surface area contributed by atoms with E-state index in [1.165, 1.54) is 43.4 Å². The maximum atomic E-state index is 3.92. The number of hydrogen-bond acceptors (Lipinski definition) is 1. The van der Waals surface area contributed by atoms with Crippen LogP contribution in [0, 0.1) is 0 Å². The summed E-state index contributed by atoms with van der Waals surface area (Å²) in [6, 6.07) is 2.45. The van der Waals surface area contributed by atoms with Gasteiger partial charge in [-0.25, -0.2) is 0 Å². The van der Waals surface area contributed by atoms with E-state index in [0.29, 0.717) is 0 Å². The van der Waals surface area contributed by atoms with Crippen molar-refractivity contribution in [1.29, 1.82) is 0 Å². The predicted octanol–water partition coefficient (Wildman–Crippen LogP) is 6.45. The molecule has 0 radical (unpaired) electrons. The molecule has 1 heterocycles. The normalized spacial score (nSPS) is 14.7. The van der Waals surface area contributed by atoms with Gasteiger partial charge in [0, 0.05) is 9.75 Å². The van der Waals surface area contributed by atoms with Gasteiger partial charge in [-0.2, -0.15) is 0 Å². The highest BCUT2D eigenvalue weighted by Gasteiger charge is 2.25. The Morgan fingerprint density at radius 2 is 1.89 bits per heavy atom. The molecule has 1 rings (SSSR count). The van der Waals surface area contributed by atoms with Crippen LogP contribution in [0.3, 0.4) is 0 Å². The van der Waals surface area contributed by atoms with Gasteiger partial charge in [0.2, 0.25) is 0 Å². The summed E-state index contributed by atoms with van der Waals surface area (Å²) in [5.41, 5.74) is 1.59. The molecule has 1 unspecified atom stereocenters. The first-order valence-electron chi connectivity index (χ1n) is 7.36. The average Bonchev–Trinajstić information content (AvgIpc) is 2.79. The fourth-order valence-corrected chi connectivity index (χ4v) is 3.94. The zero-order valence-corrected chi connectivity index (χ0v) is 14.7. The Balaban J connectivity index is 2.78. The second-order valence-corrected chi connectivity index (χ2v) is 8.17. The SMILES string of the molecule is CCCCCCc1cc(CC)sc1C(C)(Br)CC. The van der Waals surface area contributed by atoms with E-state index in [0.717, 1.165) is 6.42 Å². The van der Waals surface area contributed by atoms with Gasteiger partial charge in [-0.15, -0.1) is 11.3 Å². The molecule has 0 spiro atoms. The van der Waals surface area contributed by atoms with Gasteiger partial charge in [0.05, 0.1) is 4.32 Å². The summed E-state index contributed by atoms with van der Waals surface area (Å²) in [5.74, 6) is 0. The van der Waals surface area contributed by atoms with Crippen molar-refractivity contribution in [2.24, 2.45) is 0 Å². The number of unbranched alkanes of at least 4 members (excludes halogenated alkanes) is 3. The largest absolute Gasteiger partial charge is 0.144 e. The zero-order valence-electron chi connectivity index (χ0n) is 12.3. The third-order valence-corrected chi connectivity index (χ3v) is 6.45. The van der Waals surface area contributed by atoms with Crippen LogP contribution >= 0.6 is 27.3 Å². The van der Waals surface area contributed by atoms with Crippen LogP contribution in [0.5, 0.6) is 0 Å². The number of hydrogen-bond donors (Lipinski definition) is 0. The average molecular weight is 331 g/mol. The Morgan fingerprint density at radius 1 is 1.17 bits per heavy atom. The van der Waals surface area contributed by atoms with Crippen molar-refractivity contribution in [3.05, 3.63) is 21.4 Å². The van der Waals surface area contributed by atoms with Gasteiger partial charge in [0.1, 0.15) is 0 Å². The van der Waals surface area contributed by atoms with Crippen molar-refractivity contribution in [3.63, 3.8) is 0 Å². The molecule has 0 nitrogen and oxygen atoms in total. The maximum Gasteiger partial charge on any atom is 0.0571 e. The molecule has 0 aliphatic heterocycles. The molecule has 0 bridgehead atoms. The lowest BCUT2D eigenvalue weighted by atomic mass is 9.99. The standard InChI is InChI=1S/C16H27BrS/c1-5-8-9-10-11-13-12-14(6-2)18-15(13)16(4,17)7-3/h12H,5-11H2,1-4H3. The van der Waals surface area contributed by atoms with Gasteiger partial charge in [-0.05, 0) is 44.2 Å². The maximum absolute atomic E-state index is 3.92. The van der Waals surface area contributed by atoms with Gasteiger partial charge in [0.15, 0.2) is 0 Å². The fourth-order valence-electron chi connectivity index (χ4n) is 2.19. The van der Waals surface area contributed by atoms with Gasteiger partial charge in [-0.3, -0.25) is 0 Å². The molecule has 0 saturated carbocycles. The van der Waals surface area contributed by atoms with E-state index in [1.54, 1.807) is 10.4 Å². The molecule has 0 amide bonds. The third-order valence-electron chi connectivity index (χ3n) is 3.65. The van der Waals surface area contributed by atoms with E-state index >= 15 is 0 Å². The summed E-state index contributed by atoms with van der Waals surface area (Å²) in [6.07, 6.45) is 8.98. The minimum Gasteiger partial charge on any atom is -0.144 e. The van der Waals surface area contributed by atoms with Crippen molar-refractivity contribution in [2.45, 2.75) is 77.0 Å². The van der Waals surface area contributed by atoms with Crippen LogP contribution in [0.4, 0.5) is 0 Å². The van der Waals surface area contributed by atoms with E-state index in [-0.39, 0.29) is 4.32 Å². The lowest BCUT2D eigenvalue weighted by Gasteiger charge is -2.21. The monoisotopic (exact) mass is 330 g/mol. The quantitative estimate of drug-likeness (QED) is 0.379. The van der Waals surface area contributed by atoms with Crippen molar-refractivity contribution in [3.8, 4) is 0 Å². The van der Waals surface area contributed by atoms with E-state index < -0.39 is 0 Å². The summed E-state index contributed by atoms with van der Waals surface area (Å²) in [4.78, 5) is 3.10. The van der Waals surface area contributed by atoms with E-state index in [1.807, 2.05) is 11.3 Å². The molecule has 104 valence electrons. The molecule has 0 aromatic carbocycles. The van der Waals surface area contributed by atoms with Gasteiger partial charge in [0.25, 0.3) is 0 Å². The topological polar surface area (TPSA) is 0 Å². The van der Waals surface area contributed by atoms with E-state index in [4.69, 9.17) is 0 Å². The van der Waals surface area contributed by atoms with Gasteiger partial charge in [-0.1, -0.05) is 56.0 Å². The molecule has 0 saturated heterocycles. The Morgan fingerprint density at radius 3 is 2.44 bits per heavy atom. The number of thiophene rings is 1. The van der Waals surface area contributed by atoms with Gasteiger partial charge >= 0.3 is 0 Å². The Hall–Kier alpha value is 0.180. The van der Waals surface area contributed by atoms with E-state index in [9.17, 15) is 0 Å². The van der Waals surface area contributed by atoms with Crippen LogP contribution in [0.15, 0.2) is 6.07 Å². The first-order chi connectivity index (χ1) is 8.55. The lowest BCUT2D eigenvalue weighted by Crippen LogP contribution is -2.11. The molecule has 0 fully saturated rings. The second kappa shape index (κ2) is 7.69. The van der Waals surface area contributed by atoms with Crippen LogP contribution in [0.2, 0.25) is 0 Å². The van der Waals surface area contributed by atoms with Crippen LogP contribution < -0.4 is 0 Å². The molecule has 2 heteroatoms. The molecular formula is C16H27BrS. The smallest absolute Gasteiger partial charge is 0.0571 e.